The molecule has 1 aliphatic rings. The van der Waals surface area contributed by atoms with E-state index in [1.807, 2.05) is 12.1 Å². The lowest BCUT2D eigenvalue weighted by Gasteiger charge is -2.38. The molecule has 0 amide bonds. The van der Waals surface area contributed by atoms with Crippen LogP contribution < -0.4 is 5.73 Å². The molecular weight excluding hydrogens is 241 g/mol. The summed E-state index contributed by atoms with van der Waals surface area (Å²) in [4.78, 5) is 4.94. The van der Waals surface area contributed by atoms with Crippen molar-refractivity contribution in [2.75, 3.05) is 39.3 Å². The maximum Gasteiger partial charge on any atom is 0.123 e. The minimum absolute atomic E-state index is 0.164. The van der Waals surface area contributed by atoms with Crippen molar-refractivity contribution in [1.29, 1.82) is 0 Å². The first-order valence-corrected chi connectivity index (χ1v) is 7.12. The van der Waals surface area contributed by atoms with Crippen LogP contribution in [0.4, 0.5) is 4.39 Å². The van der Waals surface area contributed by atoms with Gasteiger partial charge in [-0.15, -0.1) is 0 Å². The second-order valence-electron chi connectivity index (χ2n) is 5.25. The molecule has 1 saturated heterocycles. The summed E-state index contributed by atoms with van der Waals surface area (Å²) in [7, 11) is 0. The summed E-state index contributed by atoms with van der Waals surface area (Å²) in [5.41, 5.74) is 6.73. The van der Waals surface area contributed by atoms with Crippen molar-refractivity contribution in [3.05, 3.63) is 35.6 Å². The van der Waals surface area contributed by atoms with Gasteiger partial charge in [-0.3, -0.25) is 4.90 Å². The quantitative estimate of drug-likeness (QED) is 0.882. The zero-order chi connectivity index (χ0) is 13.7. The Balaban J connectivity index is 1.85. The predicted octanol–water partition coefficient (Wildman–Crippen LogP) is 1.85. The minimum atomic E-state index is -0.164. The van der Waals surface area contributed by atoms with Crippen molar-refractivity contribution in [3.63, 3.8) is 0 Å². The van der Waals surface area contributed by atoms with Gasteiger partial charge in [0.05, 0.1) is 0 Å². The zero-order valence-corrected chi connectivity index (χ0v) is 11.7. The van der Waals surface area contributed by atoms with E-state index in [4.69, 9.17) is 5.73 Å². The highest BCUT2D eigenvalue weighted by molar-refractivity contribution is 5.19. The van der Waals surface area contributed by atoms with Gasteiger partial charge in [-0.1, -0.05) is 12.1 Å². The molecule has 1 atom stereocenters. The lowest BCUT2D eigenvalue weighted by atomic mass is 10.1. The Morgan fingerprint density at radius 1 is 1.16 bits per heavy atom. The molecule has 0 radical (unpaired) electrons. The molecule has 0 bridgehead atoms. The van der Waals surface area contributed by atoms with Crippen LogP contribution in [0.15, 0.2) is 24.3 Å². The topological polar surface area (TPSA) is 32.5 Å². The van der Waals surface area contributed by atoms with Crippen LogP contribution in [0.2, 0.25) is 0 Å². The highest BCUT2D eigenvalue weighted by Gasteiger charge is 2.21. The van der Waals surface area contributed by atoms with Gasteiger partial charge in [0, 0.05) is 32.2 Å². The Bertz CT molecular complexity index is 371. The van der Waals surface area contributed by atoms with Crippen molar-refractivity contribution in [1.82, 2.24) is 9.80 Å². The third-order valence-electron chi connectivity index (χ3n) is 3.99. The van der Waals surface area contributed by atoms with Crippen LogP contribution in [0.5, 0.6) is 0 Å². The molecule has 0 spiro atoms. The van der Waals surface area contributed by atoms with Gasteiger partial charge in [-0.05, 0) is 44.1 Å². The van der Waals surface area contributed by atoms with Gasteiger partial charge in [0.15, 0.2) is 0 Å². The highest BCUT2D eigenvalue weighted by atomic mass is 19.1. The molecule has 0 aromatic heterocycles. The Labute approximate surface area is 115 Å². The zero-order valence-electron chi connectivity index (χ0n) is 11.7. The smallest absolute Gasteiger partial charge is 0.123 e. The maximum absolute atomic E-state index is 12.9. The second kappa shape index (κ2) is 6.98. The summed E-state index contributed by atoms with van der Waals surface area (Å²) in [6, 6.07) is 7.23. The number of hydrogen-bond donors (Lipinski definition) is 1. The summed E-state index contributed by atoms with van der Waals surface area (Å²) < 4.78 is 12.9. The molecule has 2 rings (SSSR count). The lowest BCUT2D eigenvalue weighted by Crippen LogP contribution is -2.47. The van der Waals surface area contributed by atoms with Gasteiger partial charge in [0.1, 0.15) is 5.82 Å². The Morgan fingerprint density at radius 2 is 1.79 bits per heavy atom. The Hall–Kier alpha value is -0.970. The number of rotatable bonds is 5. The van der Waals surface area contributed by atoms with E-state index < -0.39 is 0 Å². The van der Waals surface area contributed by atoms with Gasteiger partial charge in [-0.25, -0.2) is 4.39 Å². The first-order valence-electron chi connectivity index (χ1n) is 7.12. The predicted molar refractivity (Wildman–Crippen MR) is 76.5 cm³/mol. The monoisotopic (exact) mass is 265 g/mol. The van der Waals surface area contributed by atoms with Crippen LogP contribution in [0.25, 0.3) is 0 Å². The SMILES string of the molecule is CC(c1ccc(F)cc1)N1CCN(CCCN)CC1. The van der Waals surface area contributed by atoms with Crippen LogP contribution in [-0.2, 0) is 0 Å². The molecule has 1 heterocycles. The average molecular weight is 265 g/mol. The van der Waals surface area contributed by atoms with Gasteiger partial charge in [-0.2, -0.15) is 0 Å². The summed E-state index contributed by atoms with van der Waals surface area (Å²) in [6.45, 7) is 8.42. The van der Waals surface area contributed by atoms with Gasteiger partial charge in [0.2, 0.25) is 0 Å². The van der Waals surface area contributed by atoms with E-state index >= 15 is 0 Å². The first-order chi connectivity index (χ1) is 9.20. The standard InChI is InChI=1S/C15H24FN3/c1-13(14-3-5-15(16)6-4-14)19-11-9-18(10-12-19)8-2-7-17/h3-6,13H,2,7-12,17H2,1H3. The van der Waals surface area contributed by atoms with Crippen LogP contribution >= 0.6 is 0 Å². The van der Waals surface area contributed by atoms with E-state index in [0.717, 1.165) is 45.7 Å². The van der Waals surface area contributed by atoms with Crippen molar-refractivity contribution < 1.29 is 4.39 Å². The maximum atomic E-state index is 12.9. The summed E-state index contributed by atoms with van der Waals surface area (Å²) in [6.07, 6.45) is 1.08. The molecule has 1 aliphatic heterocycles. The average Bonchev–Trinajstić information content (AvgIpc) is 2.46. The van der Waals surface area contributed by atoms with Crippen LogP contribution in [0, 0.1) is 5.82 Å². The Kier molecular flexibility index (Phi) is 5.31. The molecule has 106 valence electrons. The molecule has 0 saturated carbocycles. The largest absolute Gasteiger partial charge is 0.330 e. The van der Waals surface area contributed by atoms with Crippen LogP contribution in [0.1, 0.15) is 24.9 Å². The summed E-state index contributed by atoms with van der Waals surface area (Å²) in [5, 5.41) is 0. The number of nitrogens with two attached hydrogens (primary N) is 1. The molecule has 3 nitrogen and oxygen atoms in total. The number of piperazine rings is 1. The van der Waals surface area contributed by atoms with Crippen molar-refractivity contribution in [3.8, 4) is 0 Å². The van der Waals surface area contributed by atoms with Crippen molar-refractivity contribution in [2.45, 2.75) is 19.4 Å². The van der Waals surface area contributed by atoms with E-state index in [1.54, 1.807) is 12.1 Å². The van der Waals surface area contributed by atoms with E-state index in [-0.39, 0.29) is 5.82 Å². The van der Waals surface area contributed by atoms with Crippen LogP contribution in [0.3, 0.4) is 0 Å². The molecular formula is C15H24FN3. The normalized spacial score (nSPS) is 19.5. The number of hydrogen-bond acceptors (Lipinski definition) is 3. The highest BCUT2D eigenvalue weighted by Crippen LogP contribution is 2.21. The van der Waals surface area contributed by atoms with Gasteiger partial charge < -0.3 is 10.6 Å². The molecule has 4 heteroatoms. The molecule has 19 heavy (non-hydrogen) atoms. The summed E-state index contributed by atoms with van der Waals surface area (Å²) in [5.74, 6) is -0.164. The van der Waals surface area contributed by atoms with E-state index in [9.17, 15) is 4.39 Å². The number of benzene rings is 1. The van der Waals surface area contributed by atoms with Crippen molar-refractivity contribution >= 4 is 0 Å². The first kappa shape index (κ1) is 14.4. The van der Waals surface area contributed by atoms with Gasteiger partial charge in [0.25, 0.3) is 0 Å². The van der Waals surface area contributed by atoms with Gasteiger partial charge >= 0.3 is 0 Å². The van der Waals surface area contributed by atoms with Crippen LogP contribution in [-0.4, -0.2) is 49.1 Å². The van der Waals surface area contributed by atoms with E-state index in [2.05, 4.69) is 16.7 Å². The molecule has 2 N–H and O–H groups in total. The van der Waals surface area contributed by atoms with E-state index in [1.165, 1.54) is 5.56 Å². The third kappa shape index (κ3) is 4.00. The molecule has 1 aromatic carbocycles. The van der Waals surface area contributed by atoms with Crippen molar-refractivity contribution in [2.24, 2.45) is 5.73 Å². The summed E-state index contributed by atoms with van der Waals surface area (Å²) >= 11 is 0. The fourth-order valence-corrected chi connectivity index (χ4v) is 2.64. The van der Waals surface area contributed by atoms with E-state index in [0.29, 0.717) is 6.04 Å². The molecule has 1 fully saturated rings. The Morgan fingerprint density at radius 3 is 2.37 bits per heavy atom. The minimum Gasteiger partial charge on any atom is -0.330 e. The number of nitrogens with zero attached hydrogens (tertiary/aromatic N) is 2. The fraction of sp³-hybridized carbons (Fsp3) is 0.600. The second-order valence-corrected chi connectivity index (χ2v) is 5.25. The molecule has 0 aliphatic carbocycles. The molecule has 1 aromatic rings. The third-order valence-corrected chi connectivity index (χ3v) is 3.99. The molecule has 1 unspecified atom stereocenters. The lowest BCUT2D eigenvalue weighted by molar-refractivity contribution is 0.102. The fourth-order valence-electron chi connectivity index (χ4n) is 2.64. The number of halogens is 1.